The number of carbonyl (C=O) groups excluding carboxylic acids is 1. The van der Waals surface area contributed by atoms with E-state index in [2.05, 4.69) is 6.07 Å². The van der Waals surface area contributed by atoms with Crippen LogP contribution in [0.4, 0.5) is 0 Å². The van der Waals surface area contributed by atoms with Crippen LogP contribution in [0.1, 0.15) is 64.2 Å². The van der Waals surface area contributed by atoms with Gasteiger partial charge in [-0.1, -0.05) is 19.3 Å². The fraction of sp³-hybridized carbons (Fsp3) is 0.895. The van der Waals surface area contributed by atoms with Crippen LogP contribution in [0.3, 0.4) is 0 Å². The van der Waals surface area contributed by atoms with Crippen LogP contribution in [0.25, 0.3) is 0 Å². The number of nitriles is 1. The largest absolute Gasteiger partial charge is 0.390 e. The molecule has 2 unspecified atom stereocenters. The van der Waals surface area contributed by atoms with Gasteiger partial charge in [-0.25, -0.2) is 0 Å². The lowest BCUT2D eigenvalue weighted by Gasteiger charge is -2.44. The number of fused-ring (bicyclic) bond motifs is 3. The number of hydrogen-bond donors (Lipinski definition) is 2. The number of amides is 1. The summed E-state index contributed by atoms with van der Waals surface area (Å²) in [7, 11) is 0. The van der Waals surface area contributed by atoms with Crippen molar-refractivity contribution in [1.82, 2.24) is 4.90 Å². The maximum absolute atomic E-state index is 12.7. The molecule has 5 heteroatoms. The predicted octanol–water partition coefficient (Wildman–Crippen LogP) is 1.94. The van der Waals surface area contributed by atoms with E-state index in [0.717, 1.165) is 25.7 Å². The van der Waals surface area contributed by atoms with Crippen molar-refractivity contribution in [3.63, 3.8) is 0 Å². The second kappa shape index (κ2) is 6.00. The molecule has 5 nitrogen and oxygen atoms in total. The summed E-state index contributed by atoms with van der Waals surface area (Å²) in [6.45, 7) is 0. The van der Waals surface area contributed by atoms with E-state index < -0.39 is 11.6 Å². The smallest absolute Gasteiger partial charge is 0.240 e. The molecule has 0 radical (unpaired) electrons. The van der Waals surface area contributed by atoms with E-state index in [1.165, 1.54) is 25.7 Å². The van der Waals surface area contributed by atoms with Gasteiger partial charge in [0.05, 0.1) is 17.7 Å². The molecule has 1 saturated heterocycles. The van der Waals surface area contributed by atoms with E-state index in [1.54, 1.807) is 4.90 Å². The Morgan fingerprint density at radius 3 is 2.67 bits per heavy atom. The summed E-state index contributed by atoms with van der Waals surface area (Å²) in [5.41, 5.74) is 5.54. The maximum Gasteiger partial charge on any atom is 0.240 e. The lowest BCUT2D eigenvalue weighted by Crippen LogP contribution is -2.49. The summed E-state index contributed by atoms with van der Waals surface area (Å²) in [6.07, 6.45) is 9.79. The third-order valence-electron chi connectivity index (χ3n) is 6.97. The van der Waals surface area contributed by atoms with Crippen LogP contribution in [-0.2, 0) is 4.79 Å². The zero-order chi connectivity index (χ0) is 16.9. The maximum atomic E-state index is 12.7. The number of nitrogens with two attached hydrogens (primary N) is 1. The van der Waals surface area contributed by atoms with Crippen LogP contribution in [0.5, 0.6) is 0 Å². The number of hydrogen-bond acceptors (Lipinski definition) is 4. The van der Waals surface area contributed by atoms with E-state index in [0.29, 0.717) is 30.6 Å². The zero-order valence-corrected chi connectivity index (χ0v) is 14.4. The van der Waals surface area contributed by atoms with Crippen molar-refractivity contribution in [1.29, 1.82) is 5.26 Å². The van der Waals surface area contributed by atoms with Crippen molar-refractivity contribution in [3.05, 3.63) is 0 Å². The number of carbonyl (C=O) groups is 1. The molecule has 0 aromatic carbocycles. The summed E-state index contributed by atoms with van der Waals surface area (Å²) in [5.74, 6) is 1.75. The first kappa shape index (κ1) is 16.4. The molecular weight excluding hydrogens is 302 g/mol. The second-order valence-electron chi connectivity index (χ2n) is 8.87. The fourth-order valence-corrected chi connectivity index (χ4v) is 5.76. The van der Waals surface area contributed by atoms with E-state index in [1.807, 2.05) is 0 Å². The van der Waals surface area contributed by atoms with Crippen molar-refractivity contribution >= 4 is 5.91 Å². The van der Waals surface area contributed by atoms with Gasteiger partial charge in [0.1, 0.15) is 6.04 Å². The molecule has 0 spiro atoms. The molecular formula is C19H29N3O2. The van der Waals surface area contributed by atoms with Gasteiger partial charge in [-0.3, -0.25) is 4.79 Å². The van der Waals surface area contributed by atoms with Crippen LogP contribution in [-0.4, -0.2) is 39.6 Å². The molecule has 2 bridgehead atoms. The van der Waals surface area contributed by atoms with Crippen molar-refractivity contribution in [2.24, 2.45) is 23.5 Å². The molecule has 1 heterocycles. The Labute approximate surface area is 144 Å². The van der Waals surface area contributed by atoms with Gasteiger partial charge >= 0.3 is 0 Å². The number of nitrogens with zero attached hydrogens (tertiary/aromatic N) is 2. The predicted molar refractivity (Wildman–Crippen MR) is 89.6 cm³/mol. The van der Waals surface area contributed by atoms with Crippen molar-refractivity contribution in [3.8, 4) is 6.07 Å². The number of aliphatic hydroxyl groups is 1. The lowest BCUT2D eigenvalue weighted by atomic mass is 9.65. The SMILES string of the molecule is N#C[C@@H]1C[C@@H]2C[C@@H]2N1C(=O)[C@@H](N)CCC1(O)CC2CCCC(C2)C1. The minimum atomic E-state index is -0.631. The molecule has 132 valence electrons. The standard InChI is InChI=1S/C19H29N3O2/c20-11-15-7-14-8-17(14)22(15)18(23)16(21)4-5-19(24)9-12-2-1-3-13(6-12)10-19/h12-17,24H,1-10,21H2/t12?,13?,14-,15+,16+,17+,19?/m1/s1. The first-order valence-electron chi connectivity index (χ1n) is 9.69. The zero-order valence-electron chi connectivity index (χ0n) is 14.4. The molecule has 4 aliphatic rings. The van der Waals surface area contributed by atoms with Crippen molar-refractivity contribution in [2.45, 2.75) is 87.9 Å². The summed E-state index contributed by atoms with van der Waals surface area (Å²) < 4.78 is 0. The van der Waals surface area contributed by atoms with Gasteiger partial charge < -0.3 is 15.7 Å². The van der Waals surface area contributed by atoms with Gasteiger partial charge in [0.2, 0.25) is 5.91 Å². The number of rotatable bonds is 4. The highest BCUT2D eigenvalue weighted by Gasteiger charge is 2.54. The molecule has 3 saturated carbocycles. The van der Waals surface area contributed by atoms with Gasteiger partial charge in [0.25, 0.3) is 0 Å². The van der Waals surface area contributed by atoms with Gasteiger partial charge in [0.15, 0.2) is 0 Å². The van der Waals surface area contributed by atoms with Gasteiger partial charge in [-0.2, -0.15) is 5.26 Å². The Kier molecular flexibility index (Phi) is 4.09. The summed E-state index contributed by atoms with van der Waals surface area (Å²) in [5, 5.41) is 20.2. The van der Waals surface area contributed by atoms with E-state index in [4.69, 9.17) is 5.73 Å². The van der Waals surface area contributed by atoms with Crippen molar-refractivity contribution < 1.29 is 9.90 Å². The van der Waals surface area contributed by atoms with Crippen LogP contribution < -0.4 is 5.73 Å². The first-order valence-corrected chi connectivity index (χ1v) is 9.69. The Hall–Kier alpha value is -1.12. The highest BCUT2D eigenvalue weighted by Crippen LogP contribution is 2.48. The highest BCUT2D eigenvalue weighted by atomic mass is 16.3. The third-order valence-corrected chi connectivity index (χ3v) is 6.97. The van der Waals surface area contributed by atoms with Crippen molar-refractivity contribution in [2.75, 3.05) is 0 Å². The average molecular weight is 331 g/mol. The van der Waals surface area contributed by atoms with Gasteiger partial charge in [0, 0.05) is 6.04 Å². The molecule has 1 amide bonds. The average Bonchev–Trinajstić information content (AvgIpc) is 3.22. The molecule has 1 aliphatic heterocycles. The minimum Gasteiger partial charge on any atom is -0.390 e. The minimum absolute atomic E-state index is 0.0776. The summed E-state index contributed by atoms with van der Waals surface area (Å²) >= 11 is 0. The van der Waals surface area contributed by atoms with Crippen LogP contribution >= 0.6 is 0 Å². The lowest BCUT2D eigenvalue weighted by molar-refractivity contribution is -0.134. The molecule has 0 aromatic heterocycles. The molecule has 0 aromatic rings. The van der Waals surface area contributed by atoms with Crippen LogP contribution in [0, 0.1) is 29.1 Å². The fourth-order valence-electron chi connectivity index (χ4n) is 5.76. The van der Waals surface area contributed by atoms with E-state index >= 15 is 0 Å². The Morgan fingerprint density at radius 1 is 1.29 bits per heavy atom. The summed E-state index contributed by atoms with van der Waals surface area (Å²) in [4.78, 5) is 14.4. The van der Waals surface area contributed by atoms with E-state index in [-0.39, 0.29) is 18.0 Å². The van der Waals surface area contributed by atoms with Crippen LogP contribution in [0.15, 0.2) is 0 Å². The quantitative estimate of drug-likeness (QED) is 0.823. The molecule has 4 rings (SSSR count). The Bertz CT molecular complexity index is 545. The van der Waals surface area contributed by atoms with Crippen LogP contribution in [0.2, 0.25) is 0 Å². The normalized spacial score (nSPS) is 44.5. The second-order valence-corrected chi connectivity index (χ2v) is 8.87. The highest BCUT2D eigenvalue weighted by molar-refractivity contribution is 5.83. The number of likely N-dealkylation sites (tertiary alicyclic amines) is 1. The Morgan fingerprint density at radius 2 is 2.00 bits per heavy atom. The molecule has 6 atom stereocenters. The molecule has 4 fully saturated rings. The van der Waals surface area contributed by atoms with Gasteiger partial charge in [-0.05, 0) is 62.7 Å². The number of piperidine rings is 1. The van der Waals surface area contributed by atoms with Gasteiger partial charge in [-0.15, -0.1) is 0 Å². The summed E-state index contributed by atoms with van der Waals surface area (Å²) in [6, 6.07) is 1.64. The topological polar surface area (TPSA) is 90.4 Å². The molecule has 3 N–H and O–H groups in total. The Balaban J connectivity index is 1.34. The van der Waals surface area contributed by atoms with E-state index in [9.17, 15) is 15.2 Å². The monoisotopic (exact) mass is 331 g/mol. The molecule has 24 heavy (non-hydrogen) atoms. The molecule has 3 aliphatic carbocycles. The third kappa shape index (κ3) is 2.95. The first-order chi connectivity index (χ1) is 11.5.